The van der Waals surface area contributed by atoms with Crippen molar-refractivity contribution in [1.82, 2.24) is 0 Å². The van der Waals surface area contributed by atoms with Crippen molar-refractivity contribution in [1.29, 1.82) is 0 Å². The summed E-state index contributed by atoms with van der Waals surface area (Å²) in [5.41, 5.74) is 6.02. The second-order valence-electron chi connectivity index (χ2n) is 4.08. The smallest absolute Gasteiger partial charge is 0.171 e. The van der Waals surface area contributed by atoms with Gasteiger partial charge in [-0.3, -0.25) is 0 Å². The zero-order valence-corrected chi connectivity index (χ0v) is 10.2. The molecule has 0 aliphatic carbocycles. The third-order valence-electron chi connectivity index (χ3n) is 2.74. The molecule has 3 nitrogen and oxygen atoms in total. The lowest BCUT2D eigenvalue weighted by Crippen LogP contribution is -2.31. The fraction of sp³-hybridized carbons (Fsp3) is 0.286. The topological polar surface area (TPSA) is 48.4 Å². The molecule has 96 valence electrons. The summed E-state index contributed by atoms with van der Waals surface area (Å²) in [6.45, 7) is 1.97. The maximum atomic E-state index is 13.1. The molecule has 0 fully saturated rings. The van der Waals surface area contributed by atoms with Crippen molar-refractivity contribution in [3.63, 3.8) is 0 Å². The fourth-order valence-corrected chi connectivity index (χ4v) is 1.71. The van der Waals surface area contributed by atoms with Gasteiger partial charge < -0.3 is 14.9 Å². The Morgan fingerprint density at radius 2 is 2.17 bits per heavy atom. The van der Waals surface area contributed by atoms with E-state index in [4.69, 9.17) is 14.9 Å². The Bertz CT molecular complexity index is 484. The molecule has 1 aromatic carbocycles. The quantitative estimate of drug-likeness (QED) is 0.884. The molecule has 1 heterocycles. The maximum absolute atomic E-state index is 13.1. The van der Waals surface area contributed by atoms with Crippen molar-refractivity contribution >= 4 is 0 Å². The number of benzene rings is 1. The van der Waals surface area contributed by atoms with Crippen molar-refractivity contribution in [2.45, 2.75) is 25.5 Å². The second kappa shape index (κ2) is 5.69. The second-order valence-corrected chi connectivity index (χ2v) is 4.08. The van der Waals surface area contributed by atoms with Gasteiger partial charge in [-0.05, 0) is 30.7 Å². The lowest BCUT2D eigenvalue weighted by Gasteiger charge is -2.22. The highest BCUT2D eigenvalue weighted by Crippen LogP contribution is 2.26. The summed E-state index contributed by atoms with van der Waals surface area (Å²) in [6, 6.07) is 9.37. The van der Waals surface area contributed by atoms with E-state index in [1.54, 1.807) is 30.5 Å². The summed E-state index contributed by atoms with van der Waals surface area (Å²) >= 11 is 0. The molecular weight excluding hydrogens is 233 g/mol. The van der Waals surface area contributed by atoms with Gasteiger partial charge in [0.25, 0.3) is 0 Å². The monoisotopic (exact) mass is 249 g/mol. The van der Waals surface area contributed by atoms with E-state index in [-0.39, 0.29) is 11.9 Å². The van der Waals surface area contributed by atoms with Crippen molar-refractivity contribution in [3.8, 4) is 5.75 Å². The molecule has 0 saturated heterocycles. The molecule has 0 amide bonds. The minimum Gasteiger partial charge on any atom is -0.481 e. The molecule has 0 aliphatic rings. The third-order valence-corrected chi connectivity index (χ3v) is 2.74. The molecule has 2 rings (SSSR count). The van der Waals surface area contributed by atoms with E-state index in [0.29, 0.717) is 11.5 Å². The molecule has 2 unspecified atom stereocenters. The predicted molar refractivity (Wildman–Crippen MR) is 66.7 cm³/mol. The Hall–Kier alpha value is -1.81. The number of hydrogen-bond acceptors (Lipinski definition) is 3. The van der Waals surface area contributed by atoms with E-state index in [1.807, 2.05) is 6.92 Å². The average Bonchev–Trinajstić information content (AvgIpc) is 2.89. The van der Waals surface area contributed by atoms with Crippen molar-refractivity contribution in [2.24, 2.45) is 5.73 Å². The van der Waals surface area contributed by atoms with Gasteiger partial charge in [-0.15, -0.1) is 0 Å². The van der Waals surface area contributed by atoms with Gasteiger partial charge in [-0.2, -0.15) is 0 Å². The number of furan rings is 1. The Morgan fingerprint density at radius 3 is 2.78 bits per heavy atom. The van der Waals surface area contributed by atoms with Gasteiger partial charge >= 0.3 is 0 Å². The predicted octanol–water partition coefficient (Wildman–Crippen LogP) is 3.28. The molecule has 0 radical (unpaired) electrons. The van der Waals surface area contributed by atoms with Crippen LogP contribution in [-0.2, 0) is 0 Å². The molecule has 0 bridgehead atoms. The highest BCUT2D eigenvalue weighted by molar-refractivity contribution is 5.23. The van der Waals surface area contributed by atoms with Crippen LogP contribution in [0.1, 0.15) is 25.2 Å². The van der Waals surface area contributed by atoms with Gasteiger partial charge in [0.2, 0.25) is 0 Å². The summed E-state index contributed by atoms with van der Waals surface area (Å²) < 4.78 is 24.2. The molecule has 0 spiro atoms. The van der Waals surface area contributed by atoms with E-state index < -0.39 is 6.10 Å². The van der Waals surface area contributed by atoms with Crippen LogP contribution >= 0.6 is 0 Å². The van der Waals surface area contributed by atoms with Crippen LogP contribution in [0.15, 0.2) is 47.1 Å². The molecule has 18 heavy (non-hydrogen) atoms. The maximum Gasteiger partial charge on any atom is 0.171 e. The van der Waals surface area contributed by atoms with Crippen LogP contribution in [0.2, 0.25) is 0 Å². The molecule has 1 aromatic heterocycles. The summed E-state index contributed by atoms with van der Waals surface area (Å²) in [6.07, 6.45) is 1.90. The molecule has 2 aromatic rings. The first-order chi connectivity index (χ1) is 8.70. The van der Waals surface area contributed by atoms with Crippen molar-refractivity contribution in [3.05, 3.63) is 54.2 Å². The number of hydrogen-bond donors (Lipinski definition) is 1. The fourth-order valence-electron chi connectivity index (χ4n) is 1.71. The molecule has 4 heteroatoms. The standard InChI is InChI=1S/C14H16FNO2/c1-2-12(16)14(13-7-4-8-17-13)18-11-6-3-5-10(15)9-11/h3-9,12,14H,2,16H2,1H3. The van der Waals surface area contributed by atoms with E-state index in [9.17, 15) is 4.39 Å². The average molecular weight is 249 g/mol. The minimum atomic E-state index is -0.410. The third kappa shape index (κ3) is 2.90. The van der Waals surface area contributed by atoms with Gasteiger partial charge in [0.15, 0.2) is 6.10 Å². The Kier molecular flexibility index (Phi) is 3.99. The van der Waals surface area contributed by atoms with Crippen LogP contribution < -0.4 is 10.5 Å². The van der Waals surface area contributed by atoms with Crippen LogP contribution in [0.25, 0.3) is 0 Å². The first-order valence-corrected chi connectivity index (χ1v) is 5.92. The van der Waals surface area contributed by atoms with Gasteiger partial charge in [-0.25, -0.2) is 4.39 Å². The first-order valence-electron chi connectivity index (χ1n) is 5.92. The number of ether oxygens (including phenoxy) is 1. The lowest BCUT2D eigenvalue weighted by molar-refractivity contribution is 0.144. The molecule has 0 aliphatic heterocycles. The van der Waals surface area contributed by atoms with Crippen LogP contribution in [-0.4, -0.2) is 6.04 Å². The van der Waals surface area contributed by atoms with Crippen molar-refractivity contribution in [2.75, 3.05) is 0 Å². The van der Waals surface area contributed by atoms with Gasteiger partial charge in [0.1, 0.15) is 17.3 Å². The minimum absolute atomic E-state index is 0.209. The summed E-state index contributed by atoms with van der Waals surface area (Å²) in [5, 5.41) is 0. The first kappa shape index (κ1) is 12.6. The number of nitrogens with two attached hydrogens (primary N) is 1. The normalized spacial score (nSPS) is 14.2. The zero-order chi connectivity index (χ0) is 13.0. The molecule has 2 N–H and O–H groups in total. The van der Waals surface area contributed by atoms with Crippen LogP contribution in [0.3, 0.4) is 0 Å². The lowest BCUT2D eigenvalue weighted by atomic mass is 10.1. The van der Waals surface area contributed by atoms with E-state index in [0.717, 1.165) is 6.42 Å². The van der Waals surface area contributed by atoms with Crippen LogP contribution in [0, 0.1) is 5.82 Å². The summed E-state index contributed by atoms with van der Waals surface area (Å²) in [7, 11) is 0. The van der Waals surface area contributed by atoms with E-state index in [2.05, 4.69) is 0 Å². The summed E-state index contributed by atoms with van der Waals surface area (Å²) in [4.78, 5) is 0. The number of rotatable bonds is 5. The van der Waals surface area contributed by atoms with Gasteiger partial charge in [0, 0.05) is 12.1 Å². The van der Waals surface area contributed by atoms with Gasteiger partial charge in [0.05, 0.1) is 6.26 Å². The highest BCUT2D eigenvalue weighted by atomic mass is 19.1. The SMILES string of the molecule is CCC(N)C(Oc1cccc(F)c1)c1ccco1. The Morgan fingerprint density at radius 1 is 1.33 bits per heavy atom. The summed E-state index contributed by atoms with van der Waals surface area (Å²) in [5.74, 6) is 0.754. The molecular formula is C14H16FNO2. The molecule has 2 atom stereocenters. The van der Waals surface area contributed by atoms with E-state index in [1.165, 1.54) is 12.1 Å². The van der Waals surface area contributed by atoms with Crippen LogP contribution in [0.4, 0.5) is 4.39 Å². The largest absolute Gasteiger partial charge is 0.481 e. The highest BCUT2D eigenvalue weighted by Gasteiger charge is 2.23. The van der Waals surface area contributed by atoms with Crippen molar-refractivity contribution < 1.29 is 13.5 Å². The Labute approximate surface area is 105 Å². The number of halogens is 1. The van der Waals surface area contributed by atoms with Gasteiger partial charge in [-0.1, -0.05) is 13.0 Å². The van der Waals surface area contributed by atoms with Crippen LogP contribution in [0.5, 0.6) is 5.75 Å². The molecule has 0 saturated carbocycles. The Balaban J connectivity index is 2.20. The van der Waals surface area contributed by atoms with E-state index >= 15 is 0 Å². The zero-order valence-electron chi connectivity index (χ0n) is 10.2.